The summed E-state index contributed by atoms with van der Waals surface area (Å²) in [4.78, 5) is 27.2. The van der Waals surface area contributed by atoms with Crippen molar-refractivity contribution in [2.24, 2.45) is 10.9 Å². The lowest BCUT2D eigenvalue weighted by atomic mass is 9.99. The number of phenols is 2. The molecule has 0 saturated heterocycles. The Balaban J connectivity index is 2.06. The molecule has 6 rings (SSSR count). The minimum Gasteiger partial charge on any atom is -0.507 e. The minimum atomic E-state index is -5.62. The molecule has 0 radical (unpaired) electrons. The Morgan fingerprint density at radius 2 is 1.15 bits per heavy atom. The van der Waals surface area contributed by atoms with E-state index in [2.05, 4.69) is 9.28 Å². The maximum atomic E-state index is 13.8. The molecule has 0 saturated carbocycles. The van der Waals surface area contributed by atoms with E-state index in [-0.39, 0.29) is 21.5 Å². The van der Waals surface area contributed by atoms with Crippen molar-refractivity contribution in [3.05, 3.63) is 102 Å². The maximum Gasteiger partial charge on any atom is 0.314 e. The zero-order chi connectivity index (χ0) is 34.4. The second-order valence-corrected chi connectivity index (χ2v) is 14.3. The van der Waals surface area contributed by atoms with Crippen LogP contribution in [-0.2, 0) is 34.6 Å². The molecule has 47 heavy (non-hydrogen) atoms. The summed E-state index contributed by atoms with van der Waals surface area (Å²) in [6.45, 7) is 0. The minimum absolute atomic E-state index is 0.145. The van der Waals surface area contributed by atoms with Gasteiger partial charge in [-0.3, -0.25) is 18.7 Å². The van der Waals surface area contributed by atoms with E-state index in [9.17, 15) is 54.2 Å². The third-order valence-electron chi connectivity index (χ3n) is 7.44. The van der Waals surface area contributed by atoms with Crippen LogP contribution >= 0.6 is 0 Å². The van der Waals surface area contributed by atoms with Gasteiger partial charge in [0.15, 0.2) is 10.9 Å². The lowest BCUT2D eigenvalue weighted by Crippen LogP contribution is -2.32. The van der Waals surface area contributed by atoms with Crippen molar-refractivity contribution in [2.45, 2.75) is 14.7 Å². The molecule has 2 aliphatic rings. The van der Waals surface area contributed by atoms with Crippen LogP contribution in [-0.4, -0.2) is 44.6 Å². The van der Waals surface area contributed by atoms with Crippen molar-refractivity contribution in [1.82, 2.24) is 0 Å². The second-order valence-electron chi connectivity index (χ2n) is 10.1. The summed E-state index contributed by atoms with van der Waals surface area (Å²) in [6.07, 6.45) is 0. The number of benzene rings is 4. The summed E-state index contributed by atoms with van der Waals surface area (Å²) < 4.78 is 101. The summed E-state index contributed by atoms with van der Waals surface area (Å²) in [5, 5.41) is 25.2. The van der Waals surface area contributed by atoms with Gasteiger partial charge in [0.1, 0.15) is 26.2 Å². The van der Waals surface area contributed by atoms with Crippen LogP contribution < -0.4 is 27.5 Å². The monoisotopic (exact) mass is 699 g/mol. The molecular weight excluding hydrogens is 683 g/mol. The van der Waals surface area contributed by atoms with Crippen LogP contribution in [0.4, 0.5) is 5.69 Å². The van der Waals surface area contributed by atoms with Crippen molar-refractivity contribution in [3.63, 3.8) is 0 Å². The molecule has 0 aliphatic heterocycles. The third kappa shape index (κ3) is 4.76. The Kier molecular flexibility index (Phi) is 7.06. The van der Waals surface area contributed by atoms with Crippen LogP contribution in [0.15, 0.2) is 89.9 Å². The molecule has 0 atom stereocenters. The fourth-order valence-corrected chi connectivity index (χ4v) is 8.24. The number of hydrogen-bond acceptors (Lipinski definition) is 14. The van der Waals surface area contributed by atoms with Gasteiger partial charge in [-0.2, -0.15) is 35.4 Å². The SMILES string of the molecule is N=c1cc(S(=O)(=O)O)c(=Nc2cc(S(=O)(=O)O)c(S(=O)(=O)ON)c3c(O)c4ccccc4c(O)c23)c2c(=O)c3ccccc3c(=O)c1=2. The fourth-order valence-electron chi connectivity index (χ4n) is 5.52. The number of aromatic hydroxyl groups is 2. The Morgan fingerprint density at radius 1 is 0.681 bits per heavy atom. The van der Waals surface area contributed by atoms with Gasteiger partial charge < -0.3 is 15.6 Å². The molecule has 19 heteroatoms. The van der Waals surface area contributed by atoms with Gasteiger partial charge in [0, 0.05) is 21.5 Å². The fraction of sp³-hybridized carbons (Fsp3) is 0. The van der Waals surface area contributed by atoms with Crippen molar-refractivity contribution >= 4 is 68.4 Å². The van der Waals surface area contributed by atoms with E-state index in [1.165, 1.54) is 48.5 Å². The van der Waals surface area contributed by atoms with Crippen LogP contribution in [0.5, 0.6) is 11.5 Å². The zero-order valence-electron chi connectivity index (χ0n) is 23.0. The van der Waals surface area contributed by atoms with E-state index in [1.54, 1.807) is 0 Å². The standard InChI is InChI=1S/C28H17N3O13S3/c29-15-9-17(45(36,37)38)23(21-19(15)24(32)11-5-1-3-7-13(11)26(21)34)31-16-10-18(46(39,40)41)28(47(42,43)44-30)22-20(16)25(33)12-6-2-4-8-14(12)27(22)35/h1-10,29,33,35H,30H2,(H,36,37,38)(H,39,40,41). The number of nitrogens with zero attached hydrogens (tertiary/aromatic N) is 1. The van der Waals surface area contributed by atoms with Crippen LogP contribution in [0.2, 0.25) is 0 Å². The number of nitrogens with one attached hydrogen (secondary N) is 1. The number of phenolic OH excluding ortho intramolecular Hbond substituents is 2. The van der Waals surface area contributed by atoms with Crippen LogP contribution in [0.3, 0.4) is 0 Å². The first-order valence-corrected chi connectivity index (χ1v) is 17.0. The van der Waals surface area contributed by atoms with Gasteiger partial charge in [-0.1, -0.05) is 48.5 Å². The van der Waals surface area contributed by atoms with Crippen molar-refractivity contribution in [2.75, 3.05) is 0 Å². The molecule has 240 valence electrons. The number of nitrogens with two attached hydrogens (primary N) is 1. The first kappa shape index (κ1) is 31.8. The van der Waals surface area contributed by atoms with E-state index >= 15 is 0 Å². The van der Waals surface area contributed by atoms with Gasteiger partial charge in [-0.05, 0) is 12.1 Å². The van der Waals surface area contributed by atoms with Gasteiger partial charge in [-0.15, -0.1) is 0 Å². The summed E-state index contributed by atoms with van der Waals surface area (Å²) >= 11 is 0. The molecule has 2 aliphatic carbocycles. The zero-order valence-corrected chi connectivity index (χ0v) is 25.4. The molecule has 4 aromatic carbocycles. The average molecular weight is 700 g/mol. The molecule has 0 bridgehead atoms. The Morgan fingerprint density at radius 3 is 1.64 bits per heavy atom. The third-order valence-corrected chi connectivity index (χ3v) is 10.5. The maximum absolute atomic E-state index is 13.8. The number of fused-ring (bicyclic) bond motifs is 3. The summed E-state index contributed by atoms with van der Waals surface area (Å²) in [6, 6.07) is 11.4. The highest BCUT2D eigenvalue weighted by Gasteiger charge is 2.34. The Bertz CT molecular complexity index is 3050. The highest BCUT2D eigenvalue weighted by molar-refractivity contribution is 7.89. The molecular formula is C28H17N3O13S3. The molecule has 16 nitrogen and oxygen atoms in total. The van der Waals surface area contributed by atoms with Gasteiger partial charge in [0.25, 0.3) is 20.2 Å². The summed E-state index contributed by atoms with van der Waals surface area (Å²) in [5.74, 6) is 3.05. The van der Waals surface area contributed by atoms with Crippen molar-refractivity contribution < 1.29 is 48.9 Å². The second kappa shape index (κ2) is 10.4. The van der Waals surface area contributed by atoms with Gasteiger partial charge in [0.2, 0.25) is 0 Å². The molecule has 7 N–H and O–H groups in total. The quantitative estimate of drug-likeness (QED) is 0.0624. The lowest BCUT2D eigenvalue weighted by molar-refractivity contribution is 0.331. The number of hydrogen-bond donors (Lipinski definition) is 6. The van der Waals surface area contributed by atoms with E-state index in [4.69, 9.17) is 11.3 Å². The molecule has 0 spiro atoms. The average Bonchev–Trinajstić information content (AvgIpc) is 3.01. The molecule has 0 unspecified atom stereocenters. The van der Waals surface area contributed by atoms with Gasteiger partial charge in [-0.25, -0.2) is 4.99 Å². The van der Waals surface area contributed by atoms with Gasteiger partial charge in [0.05, 0.1) is 37.6 Å². The predicted molar refractivity (Wildman–Crippen MR) is 162 cm³/mol. The first-order chi connectivity index (χ1) is 21.9. The summed E-state index contributed by atoms with van der Waals surface area (Å²) in [7, 11) is -16.4. The van der Waals surface area contributed by atoms with Crippen molar-refractivity contribution in [3.8, 4) is 11.5 Å². The molecule has 0 amide bonds. The van der Waals surface area contributed by atoms with Crippen molar-refractivity contribution in [1.29, 1.82) is 5.41 Å². The number of rotatable bonds is 5. The lowest BCUT2D eigenvalue weighted by Gasteiger charge is -2.17. The highest BCUT2D eigenvalue weighted by atomic mass is 32.2. The smallest absolute Gasteiger partial charge is 0.314 e. The molecule has 0 fully saturated rings. The van der Waals surface area contributed by atoms with E-state index in [1.807, 2.05) is 0 Å². The normalized spacial score (nSPS) is 13.3. The van der Waals surface area contributed by atoms with Gasteiger partial charge >= 0.3 is 10.1 Å². The predicted octanol–water partition coefficient (Wildman–Crippen LogP) is 0.662. The molecule has 0 aromatic heterocycles. The highest BCUT2D eigenvalue weighted by Crippen LogP contribution is 2.49. The first-order valence-electron chi connectivity index (χ1n) is 12.7. The Labute approximate surface area is 261 Å². The van der Waals surface area contributed by atoms with E-state index in [0.717, 1.165) is 0 Å². The summed E-state index contributed by atoms with van der Waals surface area (Å²) in [5.41, 5.74) is -2.85. The molecule has 4 aromatic rings. The molecule has 0 heterocycles. The van der Waals surface area contributed by atoms with E-state index in [0.29, 0.717) is 12.1 Å². The Hall–Kier alpha value is -5.15. The van der Waals surface area contributed by atoms with Crippen LogP contribution in [0.25, 0.3) is 32.3 Å². The largest absolute Gasteiger partial charge is 0.507 e. The topological polar surface area (TPSA) is 289 Å². The van der Waals surface area contributed by atoms with E-state index < -0.39 is 105 Å². The van der Waals surface area contributed by atoms with Crippen LogP contribution in [0.1, 0.15) is 0 Å². The van der Waals surface area contributed by atoms with Crippen LogP contribution in [0, 0.1) is 15.8 Å².